The highest BCUT2D eigenvalue weighted by molar-refractivity contribution is 7.92. The van der Waals surface area contributed by atoms with E-state index in [0.717, 1.165) is 38.9 Å². The summed E-state index contributed by atoms with van der Waals surface area (Å²) in [4.78, 5) is 16.6. The van der Waals surface area contributed by atoms with E-state index in [0.29, 0.717) is 6.04 Å². The Morgan fingerprint density at radius 2 is 1.75 bits per heavy atom. The second-order valence-corrected chi connectivity index (χ2v) is 8.16. The van der Waals surface area contributed by atoms with Crippen molar-refractivity contribution in [2.45, 2.75) is 51.6 Å². The van der Waals surface area contributed by atoms with Gasteiger partial charge in [-0.3, -0.25) is 9.69 Å². The molecule has 0 radical (unpaired) electrons. The van der Waals surface area contributed by atoms with Gasteiger partial charge < -0.3 is 4.90 Å². The monoisotopic (exact) mass is 302 g/mol. The molecule has 1 amide bonds. The Hall–Kier alpha value is -0.620. The first-order chi connectivity index (χ1) is 9.48. The molecule has 116 valence electrons. The normalized spacial score (nSPS) is 28.2. The second-order valence-electron chi connectivity index (χ2n) is 5.81. The first-order valence-electron chi connectivity index (χ1n) is 7.72. The lowest BCUT2D eigenvalue weighted by Gasteiger charge is -2.34. The summed E-state index contributed by atoms with van der Waals surface area (Å²) in [6.07, 6.45) is 4.32. The van der Waals surface area contributed by atoms with Crippen LogP contribution in [0.3, 0.4) is 0 Å². The molecule has 0 saturated carbocycles. The lowest BCUT2D eigenvalue weighted by Crippen LogP contribution is -2.49. The first-order valence-corrected chi connectivity index (χ1v) is 9.54. The van der Waals surface area contributed by atoms with Crippen molar-refractivity contribution in [2.24, 2.45) is 0 Å². The summed E-state index contributed by atoms with van der Waals surface area (Å²) >= 11 is 0. The minimum absolute atomic E-state index is 0.0434. The molecule has 0 N–H and O–H groups in total. The number of sulfone groups is 1. The van der Waals surface area contributed by atoms with Crippen LogP contribution in [-0.2, 0) is 14.6 Å². The quantitative estimate of drug-likeness (QED) is 0.757. The van der Waals surface area contributed by atoms with E-state index in [-0.39, 0.29) is 23.5 Å². The van der Waals surface area contributed by atoms with Crippen LogP contribution in [-0.4, -0.2) is 67.3 Å². The summed E-state index contributed by atoms with van der Waals surface area (Å²) in [7, 11) is -3.23. The maximum Gasteiger partial charge on any atom is 0.238 e. The van der Waals surface area contributed by atoms with Gasteiger partial charge in [0.2, 0.25) is 5.91 Å². The molecule has 5 nitrogen and oxygen atoms in total. The maximum atomic E-state index is 12.3. The van der Waals surface area contributed by atoms with Crippen LogP contribution in [0.5, 0.6) is 0 Å². The molecule has 2 unspecified atom stereocenters. The molecule has 0 spiro atoms. The fourth-order valence-corrected chi connectivity index (χ4v) is 4.30. The highest BCUT2D eigenvalue weighted by Gasteiger charge is 2.39. The minimum Gasteiger partial charge on any atom is -0.337 e. The Balaban J connectivity index is 2.05. The molecule has 2 atom stereocenters. The summed E-state index contributed by atoms with van der Waals surface area (Å²) < 4.78 is 23.3. The van der Waals surface area contributed by atoms with Gasteiger partial charge in [-0.2, -0.15) is 0 Å². The van der Waals surface area contributed by atoms with Gasteiger partial charge in [-0.25, -0.2) is 8.42 Å². The molecule has 2 fully saturated rings. The number of likely N-dealkylation sites (tertiary alicyclic amines) is 2. The molecule has 2 saturated heterocycles. The molecule has 0 bridgehead atoms. The maximum absolute atomic E-state index is 12.3. The van der Waals surface area contributed by atoms with E-state index in [1.165, 1.54) is 6.42 Å². The number of amides is 1. The highest BCUT2D eigenvalue weighted by Crippen LogP contribution is 2.29. The summed E-state index contributed by atoms with van der Waals surface area (Å²) in [5, 5.41) is 0. The molecule has 0 aliphatic carbocycles. The largest absolute Gasteiger partial charge is 0.337 e. The fourth-order valence-electron chi connectivity index (χ4n) is 3.56. The number of nitrogens with zero attached hydrogens (tertiary/aromatic N) is 2. The molecule has 2 heterocycles. The average molecular weight is 302 g/mol. The van der Waals surface area contributed by atoms with Crippen molar-refractivity contribution in [3.8, 4) is 0 Å². The number of rotatable bonds is 5. The Kier molecular flexibility index (Phi) is 5.07. The van der Waals surface area contributed by atoms with Gasteiger partial charge in [0.25, 0.3) is 0 Å². The third-order valence-corrected chi connectivity index (χ3v) is 6.23. The summed E-state index contributed by atoms with van der Waals surface area (Å²) in [6.45, 7) is 6.58. The van der Waals surface area contributed by atoms with Crippen molar-refractivity contribution in [1.82, 2.24) is 9.80 Å². The zero-order valence-corrected chi connectivity index (χ0v) is 13.4. The van der Waals surface area contributed by atoms with E-state index in [9.17, 15) is 13.2 Å². The molecular weight excluding hydrogens is 276 g/mol. The van der Waals surface area contributed by atoms with E-state index in [1.54, 1.807) is 6.92 Å². The van der Waals surface area contributed by atoms with Gasteiger partial charge in [0, 0.05) is 24.4 Å². The summed E-state index contributed by atoms with van der Waals surface area (Å²) in [5.74, 6) is -0.474. The van der Waals surface area contributed by atoms with Crippen LogP contribution in [0, 0.1) is 0 Å². The zero-order chi connectivity index (χ0) is 14.8. The third kappa shape index (κ3) is 3.34. The molecule has 2 aliphatic heterocycles. The van der Waals surface area contributed by atoms with Crippen LogP contribution >= 0.6 is 0 Å². The number of likely N-dealkylation sites (N-methyl/N-ethyl adjacent to an activating group) is 1. The lowest BCUT2D eigenvalue weighted by molar-refractivity contribution is -0.130. The van der Waals surface area contributed by atoms with Crippen LogP contribution in [0.4, 0.5) is 0 Å². The Bertz CT molecular complexity index is 449. The van der Waals surface area contributed by atoms with E-state index >= 15 is 0 Å². The molecule has 20 heavy (non-hydrogen) atoms. The van der Waals surface area contributed by atoms with Crippen LogP contribution in [0.25, 0.3) is 0 Å². The molecule has 0 aromatic carbocycles. The topological polar surface area (TPSA) is 57.7 Å². The number of hydrogen-bond acceptors (Lipinski definition) is 4. The Labute approximate surface area is 122 Å². The third-order valence-electron chi connectivity index (χ3n) is 4.67. The average Bonchev–Trinajstić information content (AvgIpc) is 3.05. The highest BCUT2D eigenvalue weighted by atomic mass is 32.2. The summed E-state index contributed by atoms with van der Waals surface area (Å²) in [6, 6.07) is 0.646. The first kappa shape index (κ1) is 15.8. The molecular formula is C14H26N2O3S. The predicted octanol–water partition coefficient (Wildman–Crippen LogP) is 0.896. The van der Waals surface area contributed by atoms with Crippen LogP contribution in [0.15, 0.2) is 0 Å². The number of hydrogen-bond donors (Lipinski definition) is 0. The molecule has 0 aromatic heterocycles. The Morgan fingerprint density at radius 3 is 2.40 bits per heavy atom. The van der Waals surface area contributed by atoms with E-state index in [4.69, 9.17) is 0 Å². The van der Waals surface area contributed by atoms with E-state index < -0.39 is 9.84 Å². The van der Waals surface area contributed by atoms with Gasteiger partial charge in [0.15, 0.2) is 9.84 Å². The van der Waals surface area contributed by atoms with Gasteiger partial charge in [-0.05, 0) is 38.8 Å². The summed E-state index contributed by atoms with van der Waals surface area (Å²) in [5.41, 5.74) is 0. The SMILES string of the molecule is CCN1CCCC1C1CCCN1C(=O)CS(=O)(=O)CC. The van der Waals surface area contributed by atoms with Crippen molar-refractivity contribution in [2.75, 3.05) is 31.1 Å². The smallest absolute Gasteiger partial charge is 0.238 e. The van der Waals surface area contributed by atoms with Crippen molar-refractivity contribution >= 4 is 15.7 Å². The predicted molar refractivity (Wildman–Crippen MR) is 79.3 cm³/mol. The molecule has 2 rings (SSSR count). The fraction of sp³-hybridized carbons (Fsp3) is 0.929. The van der Waals surface area contributed by atoms with Crippen molar-refractivity contribution in [3.63, 3.8) is 0 Å². The minimum atomic E-state index is -3.23. The van der Waals surface area contributed by atoms with Gasteiger partial charge >= 0.3 is 0 Å². The lowest BCUT2D eigenvalue weighted by atomic mass is 10.0. The second kappa shape index (κ2) is 6.43. The molecule has 2 aliphatic rings. The van der Waals surface area contributed by atoms with Gasteiger partial charge in [0.1, 0.15) is 5.75 Å². The standard InChI is InChI=1S/C14H26N2O3S/c1-3-15-9-5-7-12(15)13-8-6-10-16(13)14(17)11-20(18,19)4-2/h12-13H,3-11H2,1-2H3. The van der Waals surface area contributed by atoms with Crippen LogP contribution in [0.1, 0.15) is 39.5 Å². The van der Waals surface area contributed by atoms with E-state index in [1.807, 2.05) is 4.90 Å². The van der Waals surface area contributed by atoms with Crippen molar-refractivity contribution in [1.29, 1.82) is 0 Å². The zero-order valence-electron chi connectivity index (χ0n) is 12.5. The van der Waals surface area contributed by atoms with Crippen LogP contribution < -0.4 is 0 Å². The van der Waals surface area contributed by atoms with Crippen LogP contribution in [0.2, 0.25) is 0 Å². The van der Waals surface area contributed by atoms with E-state index in [2.05, 4.69) is 11.8 Å². The van der Waals surface area contributed by atoms with Gasteiger partial charge in [0.05, 0.1) is 0 Å². The van der Waals surface area contributed by atoms with Crippen molar-refractivity contribution in [3.05, 3.63) is 0 Å². The number of carbonyl (C=O) groups excluding carboxylic acids is 1. The molecule has 0 aromatic rings. The van der Waals surface area contributed by atoms with Gasteiger partial charge in [-0.1, -0.05) is 13.8 Å². The van der Waals surface area contributed by atoms with Gasteiger partial charge in [-0.15, -0.1) is 0 Å². The molecule has 6 heteroatoms. The van der Waals surface area contributed by atoms with Crippen molar-refractivity contribution < 1.29 is 13.2 Å². The number of carbonyl (C=O) groups is 1. The Morgan fingerprint density at radius 1 is 1.10 bits per heavy atom.